The maximum Gasteiger partial charge on any atom is 0.337 e. The van der Waals surface area contributed by atoms with E-state index in [1.165, 1.54) is 37.4 Å². The first-order valence-electron chi connectivity index (χ1n) is 10.6. The first-order chi connectivity index (χ1) is 15.3. The Morgan fingerprint density at radius 3 is 2.62 bits per heavy atom. The van der Waals surface area contributed by atoms with Gasteiger partial charge in [-0.1, -0.05) is 25.7 Å². The highest BCUT2D eigenvalue weighted by Crippen LogP contribution is 2.37. The molecule has 1 aliphatic carbocycles. The van der Waals surface area contributed by atoms with E-state index < -0.39 is 17.7 Å². The predicted molar refractivity (Wildman–Crippen MR) is 117 cm³/mol. The molecule has 0 saturated heterocycles. The molecule has 7 nitrogen and oxygen atoms in total. The van der Waals surface area contributed by atoms with Gasteiger partial charge in [0.05, 0.1) is 17.0 Å². The van der Waals surface area contributed by atoms with Crippen LogP contribution in [0.3, 0.4) is 0 Å². The molecule has 0 bridgehead atoms. The molecule has 1 saturated carbocycles. The minimum absolute atomic E-state index is 0.00501. The molecule has 1 aliphatic rings. The Kier molecular flexibility index (Phi) is 6.03. The molecule has 3 N–H and O–H groups in total. The molecule has 3 aromatic rings. The number of Topliss-reactive ketones (excluding diaryl/α,β-unsaturated/α-hetero) is 1. The maximum atomic E-state index is 14.6. The van der Waals surface area contributed by atoms with Gasteiger partial charge >= 0.3 is 5.97 Å². The summed E-state index contributed by atoms with van der Waals surface area (Å²) in [5, 5.41) is 12.4. The van der Waals surface area contributed by atoms with Gasteiger partial charge in [-0.15, -0.1) is 0 Å². The summed E-state index contributed by atoms with van der Waals surface area (Å²) < 4.78 is 14.6. The number of anilines is 1. The maximum absolute atomic E-state index is 14.6. The van der Waals surface area contributed by atoms with Crippen molar-refractivity contribution in [2.75, 3.05) is 5.32 Å². The molecule has 2 heterocycles. The summed E-state index contributed by atoms with van der Waals surface area (Å²) in [7, 11) is 0. The van der Waals surface area contributed by atoms with Crippen LogP contribution in [0.25, 0.3) is 10.9 Å². The zero-order valence-corrected chi connectivity index (χ0v) is 17.7. The van der Waals surface area contributed by atoms with Gasteiger partial charge in [0, 0.05) is 23.3 Å². The standard InChI is InChI=1S/C24H24FN3O4/c1-13(29)16-10-21-17(9-20(16)25)19(12-26-21)18(8-14-4-2-3-5-14)23(30)28-22-7-6-15(11-27-22)24(31)32/h6-7,9-12,14,18,26H,2-5,8H2,1H3,(H,31,32)(H,27,28,30). The summed E-state index contributed by atoms with van der Waals surface area (Å²) in [6, 6.07) is 5.61. The van der Waals surface area contributed by atoms with Crippen LogP contribution >= 0.6 is 0 Å². The van der Waals surface area contributed by atoms with Crippen molar-refractivity contribution in [1.29, 1.82) is 0 Å². The Labute approximate surface area is 184 Å². The molecule has 0 spiro atoms. The Morgan fingerprint density at radius 1 is 1.25 bits per heavy atom. The fraction of sp³-hybridized carbons (Fsp3) is 0.333. The number of amides is 1. The Bertz CT molecular complexity index is 1180. The van der Waals surface area contributed by atoms with Crippen LogP contribution in [0.4, 0.5) is 10.2 Å². The quantitative estimate of drug-likeness (QED) is 0.455. The van der Waals surface area contributed by atoms with Crippen molar-refractivity contribution in [1.82, 2.24) is 9.97 Å². The molecule has 1 aromatic carbocycles. The number of hydrogen-bond acceptors (Lipinski definition) is 4. The van der Waals surface area contributed by atoms with E-state index in [0.29, 0.717) is 28.8 Å². The number of aromatic amines is 1. The number of carbonyl (C=O) groups is 3. The van der Waals surface area contributed by atoms with Gasteiger partial charge in [-0.3, -0.25) is 9.59 Å². The summed E-state index contributed by atoms with van der Waals surface area (Å²) in [5.41, 5.74) is 1.30. The minimum Gasteiger partial charge on any atom is -0.478 e. The van der Waals surface area contributed by atoms with E-state index in [9.17, 15) is 18.8 Å². The van der Waals surface area contributed by atoms with Gasteiger partial charge in [-0.25, -0.2) is 14.2 Å². The lowest BCUT2D eigenvalue weighted by Gasteiger charge is -2.20. The van der Waals surface area contributed by atoms with Crippen LogP contribution in [-0.2, 0) is 4.79 Å². The Hall–Kier alpha value is -3.55. The molecule has 2 aromatic heterocycles. The molecule has 1 atom stereocenters. The van der Waals surface area contributed by atoms with Crippen LogP contribution in [0.5, 0.6) is 0 Å². The normalized spacial score (nSPS) is 15.1. The molecule has 4 rings (SSSR count). The highest BCUT2D eigenvalue weighted by atomic mass is 19.1. The number of rotatable bonds is 7. The monoisotopic (exact) mass is 437 g/mol. The van der Waals surface area contributed by atoms with E-state index in [1.54, 1.807) is 6.20 Å². The number of nitrogens with one attached hydrogen (secondary N) is 2. The summed E-state index contributed by atoms with van der Waals surface area (Å²) in [4.78, 5) is 43.1. The number of carboxylic acids is 1. The molecular formula is C24H24FN3O4. The van der Waals surface area contributed by atoms with Crippen LogP contribution in [0, 0.1) is 11.7 Å². The third-order valence-electron chi connectivity index (χ3n) is 6.18. The minimum atomic E-state index is -1.10. The van der Waals surface area contributed by atoms with Gasteiger partial charge in [0.1, 0.15) is 11.6 Å². The van der Waals surface area contributed by atoms with Gasteiger partial charge in [-0.2, -0.15) is 0 Å². The van der Waals surface area contributed by atoms with Crippen LogP contribution in [0.1, 0.15) is 71.2 Å². The van der Waals surface area contributed by atoms with Crippen LogP contribution in [0.2, 0.25) is 0 Å². The second-order valence-electron chi connectivity index (χ2n) is 8.34. The zero-order valence-electron chi connectivity index (χ0n) is 17.7. The number of H-pyrrole nitrogens is 1. The van der Waals surface area contributed by atoms with Crippen molar-refractivity contribution in [2.24, 2.45) is 5.92 Å². The number of carbonyl (C=O) groups excluding carboxylic acids is 2. The van der Waals surface area contributed by atoms with E-state index in [1.807, 2.05) is 0 Å². The first kappa shape index (κ1) is 21.7. The van der Waals surface area contributed by atoms with E-state index >= 15 is 0 Å². The van der Waals surface area contributed by atoms with Gasteiger partial charge in [0.25, 0.3) is 0 Å². The van der Waals surface area contributed by atoms with E-state index in [2.05, 4.69) is 15.3 Å². The molecule has 32 heavy (non-hydrogen) atoms. The molecule has 8 heteroatoms. The summed E-state index contributed by atoms with van der Waals surface area (Å²) >= 11 is 0. The van der Waals surface area contributed by atoms with Gasteiger partial charge in [0.2, 0.25) is 5.91 Å². The highest BCUT2D eigenvalue weighted by Gasteiger charge is 2.29. The lowest BCUT2D eigenvalue weighted by atomic mass is 9.86. The van der Waals surface area contributed by atoms with Crippen molar-refractivity contribution >= 4 is 34.4 Å². The number of aromatic nitrogens is 2. The third-order valence-corrected chi connectivity index (χ3v) is 6.18. The number of hydrogen-bond donors (Lipinski definition) is 3. The number of aromatic carboxylic acids is 1. The number of fused-ring (bicyclic) bond motifs is 1. The molecular weight excluding hydrogens is 413 g/mol. The van der Waals surface area contributed by atoms with Crippen molar-refractivity contribution in [2.45, 2.75) is 44.9 Å². The van der Waals surface area contributed by atoms with E-state index in [4.69, 9.17) is 5.11 Å². The number of carboxylic acid groups (broad SMARTS) is 1. The molecule has 0 aliphatic heterocycles. The van der Waals surface area contributed by atoms with Gasteiger partial charge in [-0.05, 0) is 49.1 Å². The summed E-state index contributed by atoms with van der Waals surface area (Å²) in [6.45, 7) is 1.31. The summed E-state index contributed by atoms with van der Waals surface area (Å²) in [6.07, 6.45) is 7.84. The smallest absolute Gasteiger partial charge is 0.337 e. The average molecular weight is 437 g/mol. The number of benzene rings is 1. The van der Waals surface area contributed by atoms with Crippen molar-refractivity contribution in [3.05, 3.63) is 59.2 Å². The SMILES string of the molecule is CC(=O)c1cc2[nH]cc(C(CC3CCCC3)C(=O)Nc3ccc(C(=O)O)cn3)c2cc1F. The van der Waals surface area contributed by atoms with Gasteiger partial charge in [0.15, 0.2) is 5.78 Å². The molecule has 0 radical (unpaired) electrons. The number of nitrogens with zero attached hydrogens (tertiary/aromatic N) is 1. The number of pyridine rings is 1. The van der Waals surface area contributed by atoms with E-state index in [0.717, 1.165) is 25.7 Å². The number of halogens is 1. The first-order valence-corrected chi connectivity index (χ1v) is 10.6. The fourth-order valence-electron chi connectivity index (χ4n) is 4.49. The highest BCUT2D eigenvalue weighted by molar-refractivity contribution is 6.02. The van der Waals surface area contributed by atoms with Crippen molar-refractivity contribution < 1.29 is 23.9 Å². The topological polar surface area (TPSA) is 112 Å². The van der Waals surface area contributed by atoms with Gasteiger partial charge < -0.3 is 15.4 Å². The Balaban J connectivity index is 1.67. The Morgan fingerprint density at radius 2 is 2.00 bits per heavy atom. The lowest BCUT2D eigenvalue weighted by molar-refractivity contribution is -0.118. The van der Waals surface area contributed by atoms with Crippen LogP contribution in [-0.4, -0.2) is 32.7 Å². The van der Waals surface area contributed by atoms with Crippen molar-refractivity contribution in [3.8, 4) is 0 Å². The third kappa shape index (κ3) is 4.39. The second kappa shape index (κ2) is 8.90. The number of ketones is 1. The zero-order chi connectivity index (χ0) is 22.8. The molecule has 1 amide bonds. The van der Waals surface area contributed by atoms with E-state index in [-0.39, 0.29) is 28.6 Å². The second-order valence-corrected chi connectivity index (χ2v) is 8.34. The fourth-order valence-corrected chi connectivity index (χ4v) is 4.49. The molecule has 166 valence electrons. The molecule has 1 fully saturated rings. The predicted octanol–water partition coefficient (Wildman–Crippen LogP) is 4.91. The lowest BCUT2D eigenvalue weighted by Crippen LogP contribution is -2.23. The molecule has 1 unspecified atom stereocenters. The van der Waals surface area contributed by atoms with Crippen LogP contribution < -0.4 is 5.32 Å². The summed E-state index contributed by atoms with van der Waals surface area (Å²) in [5.74, 6) is -2.27. The largest absolute Gasteiger partial charge is 0.478 e. The van der Waals surface area contributed by atoms with Crippen LogP contribution in [0.15, 0.2) is 36.7 Å². The van der Waals surface area contributed by atoms with Crippen molar-refractivity contribution in [3.63, 3.8) is 0 Å². The average Bonchev–Trinajstić information content (AvgIpc) is 3.41.